The van der Waals surface area contributed by atoms with Crippen LogP contribution in [0.4, 0.5) is 4.79 Å². The summed E-state index contributed by atoms with van der Waals surface area (Å²) >= 11 is 0. The molecule has 0 fully saturated rings. The summed E-state index contributed by atoms with van der Waals surface area (Å²) in [5.41, 5.74) is 0. The van der Waals surface area contributed by atoms with Crippen LogP contribution in [0.5, 0.6) is 0 Å². The third kappa shape index (κ3) is 7900. The molecule has 7 heteroatoms. The Balaban J connectivity index is -0.0000000300. The summed E-state index contributed by atoms with van der Waals surface area (Å²) < 4.78 is 0. The van der Waals surface area contributed by atoms with E-state index in [-0.39, 0.29) is 46.0 Å². The van der Waals surface area contributed by atoms with E-state index in [2.05, 4.69) is 0 Å². The second kappa shape index (κ2) is 16.1. The van der Waals surface area contributed by atoms with Gasteiger partial charge in [-0.15, -0.1) is 0 Å². The summed E-state index contributed by atoms with van der Waals surface area (Å²) in [6.07, 6.45) is -2.33. The van der Waals surface area contributed by atoms with Crippen molar-refractivity contribution in [2.45, 2.75) is 6.92 Å². The second-order valence-corrected chi connectivity index (χ2v) is 0.769. The minimum absolute atomic E-state index is 0. The molecule has 0 aliphatic carbocycles. The smallest absolute Gasteiger partial charge is 0.652 e. The Morgan fingerprint density at radius 1 is 1.30 bits per heavy atom. The van der Waals surface area contributed by atoms with Crippen LogP contribution in [0.15, 0.2) is 0 Å². The van der Waals surface area contributed by atoms with Gasteiger partial charge < -0.3 is 20.1 Å². The summed E-state index contributed by atoms with van der Waals surface area (Å²) in [6, 6.07) is 0. The van der Waals surface area contributed by atoms with Crippen molar-refractivity contribution in [2.75, 3.05) is 0 Å². The number of aliphatic carboxylic acids is 1. The molecule has 0 heterocycles. The molecule has 58 valence electrons. The van der Waals surface area contributed by atoms with Crippen LogP contribution in [0.25, 0.3) is 0 Å². The Kier molecular flexibility index (Phi) is 36.2. The van der Waals surface area contributed by atoms with Gasteiger partial charge in [0.05, 0.1) is 0 Å². The van der Waals surface area contributed by atoms with Gasteiger partial charge in [0.25, 0.3) is 5.97 Å². The van der Waals surface area contributed by atoms with E-state index in [4.69, 9.17) is 24.9 Å². The van der Waals surface area contributed by atoms with Gasteiger partial charge in [-0.3, -0.25) is 4.79 Å². The van der Waals surface area contributed by atoms with E-state index < -0.39 is 12.1 Å². The monoisotopic (exact) mass is 201 g/mol. The number of rotatable bonds is 0. The predicted octanol–water partition coefficient (Wildman–Crippen LogP) is -5.35. The fraction of sp³-hybridized carbons (Fsp3) is 0.333. The first-order valence-electron chi connectivity index (χ1n) is 1.54. The van der Waals surface area contributed by atoms with Crippen LogP contribution in [-0.4, -0.2) is 17.2 Å². The summed E-state index contributed by atoms with van der Waals surface area (Å²) in [5, 5.41) is 24.1. The van der Waals surface area contributed by atoms with Crippen molar-refractivity contribution < 1.29 is 71.0 Å². The van der Waals surface area contributed by atoms with E-state index in [1.54, 1.807) is 0 Å². The molecule has 0 aromatic heterocycles. The van der Waals surface area contributed by atoms with Crippen LogP contribution >= 0.6 is 0 Å². The molecule has 0 bridgehead atoms. The number of hydrogen-bond acceptors (Lipinski definition) is 4. The van der Waals surface area contributed by atoms with E-state index >= 15 is 0 Å². The Hall–Kier alpha value is 0.234. The summed E-state index contributed by atoms with van der Waals surface area (Å²) in [6.45, 7) is 1.08. The molecule has 0 atom stereocenters. The minimum atomic E-state index is -2.33. The molecule has 0 radical (unpaired) electrons. The Bertz CT molecular complexity index is 74.9. The first-order chi connectivity index (χ1) is 3.46. The van der Waals surface area contributed by atoms with Crippen LogP contribution in [0.3, 0.4) is 0 Å². The Morgan fingerprint density at radius 3 is 1.30 bits per heavy atom. The number of carboxylic acids is 1. The third-order valence-electron chi connectivity index (χ3n) is 0. The average Bonchev–Trinajstić information content (AvgIpc) is 1.25. The van der Waals surface area contributed by atoms with Crippen molar-refractivity contribution in [3.05, 3.63) is 0 Å². The van der Waals surface area contributed by atoms with E-state index in [0.29, 0.717) is 0 Å². The zero-order valence-electron chi connectivity index (χ0n) is 5.40. The van der Waals surface area contributed by atoms with Crippen LogP contribution in [-0.2, 0) is 21.3 Å². The van der Waals surface area contributed by atoms with Crippen LogP contribution in [0.2, 0.25) is 0 Å². The topological polar surface area (TPSA) is 100 Å². The maximum absolute atomic E-state index is 9.00. The minimum Gasteiger partial charge on any atom is -0.652 e. The van der Waals surface area contributed by atoms with E-state index in [1.165, 1.54) is 0 Å². The quantitative estimate of drug-likeness (QED) is 0.395. The standard InChI is InChI=1S/C2H4O2.CH2O3.Na.Ni/c1-2(3)4;2-1(3)4;;/h1H3,(H,3,4);(H2,2,3,4);;/q;;+1;/p-2. The normalized spacial score (nSPS) is 4.90. The van der Waals surface area contributed by atoms with Crippen molar-refractivity contribution in [1.29, 1.82) is 0 Å². The van der Waals surface area contributed by atoms with Crippen LogP contribution in [0, 0.1) is 0 Å². The summed E-state index contributed by atoms with van der Waals surface area (Å²) in [4.78, 5) is 17.3. The second-order valence-electron chi connectivity index (χ2n) is 0.769. The molecule has 0 aliphatic heterocycles. The predicted molar refractivity (Wildman–Crippen MR) is 18.7 cm³/mol. The van der Waals surface area contributed by atoms with Crippen molar-refractivity contribution in [3.8, 4) is 0 Å². The van der Waals surface area contributed by atoms with Crippen LogP contribution < -0.4 is 39.8 Å². The van der Waals surface area contributed by atoms with Crippen molar-refractivity contribution in [1.82, 2.24) is 0 Å². The van der Waals surface area contributed by atoms with E-state index in [1.807, 2.05) is 0 Å². The van der Waals surface area contributed by atoms with Gasteiger partial charge in [0.1, 0.15) is 0 Å². The fourth-order valence-electron chi connectivity index (χ4n) is 0. The molecule has 0 aliphatic rings. The molecule has 5 nitrogen and oxygen atoms in total. The Labute approximate surface area is 89.6 Å². The molecule has 0 spiro atoms. The van der Waals surface area contributed by atoms with Crippen molar-refractivity contribution in [2.24, 2.45) is 0 Å². The van der Waals surface area contributed by atoms with E-state index in [0.717, 1.165) is 6.92 Å². The largest absolute Gasteiger partial charge is 1.00 e. The maximum Gasteiger partial charge on any atom is 1.00 e. The molecule has 10 heavy (non-hydrogen) atoms. The fourth-order valence-corrected chi connectivity index (χ4v) is 0. The molecule has 0 unspecified atom stereocenters. The molecule has 1 N–H and O–H groups in total. The van der Waals surface area contributed by atoms with Gasteiger partial charge in [0.2, 0.25) is 0 Å². The molecule has 0 rings (SSSR count). The van der Waals surface area contributed by atoms with Gasteiger partial charge in [-0.05, 0) is 6.16 Å². The zero-order valence-corrected chi connectivity index (χ0v) is 8.38. The van der Waals surface area contributed by atoms with Crippen LogP contribution in [0.1, 0.15) is 6.92 Å². The third-order valence-corrected chi connectivity index (χ3v) is 0. The van der Waals surface area contributed by atoms with E-state index in [9.17, 15) is 0 Å². The average molecular weight is 202 g/mol. The number of hydrogen-bond donors (Lipinski definition) is 1. The maximum atomic E-state index is 9.00. The van der Waals surface area contributed by atoms with Crippen molar-refractivity contribution in [3.63, 3.8) is 0 Å². The first-order valence-corrected chi connectivity index (χ1v) is 1.54. The van der Waals surface area contributed by atoms with Gasteiger partial charge >= 0.3 is 29.6 Å². The molecule has 0 amide bonds. The molecule has 0 saturated heterocycles. The van der Waals surface area contributed by atoms with Crippen molar-refractivity contribution >= 4 is 12.1 Å². The zero-order chi connectivity index (χ0) is 7.15. The van der Waals surface area contributed by atoms with Gasteiger partial charge in [-0.25, -0.2) is 0 Å². The SMILES string of the molecule is CC(=O)O.O=C([O-])[O-].[Na+].[Ni]. The first kappa shape index (κ1) is 22.5. The molecule has 0 aromatic carbocycles. The Morgan fingerprint density at radius 2 is 1.30 bits per heavy atom. The number of carbonyl (C=O) groups is 2. The van der Waals surface area contributed by atoms with Gasteiger partial charge in [-0.1, -0.05) is 0 Å². The summed E-state index contributed by atoms with van der Waals surface area (Å²) in [5.74, 6) is -0.833. The van der Waals surface area contributed by atoms with Gasteiger partial charge in [-0.2, -0.15) is 0 Å². The number of carbonyl (C=O) groups excluding carboxylic acids is 1. The molecular weight excluding hydrogens is 198 g/mol. The molecule has 0 saturated carbocycles. The van der Waals surface area contributed by atoms with Gasteiger partial charge in [0.15, 0.2) is 0 Å². The molecule has 0 aromatic rings. The molecular formula is C3H4NaNiO5-. The van der Waals surface area contributed by atoms with Gasteiger partial charge in [0, 0.05) is 23.4 Å². The number of carboxylic acid groups (broad SMARTS) is 3. The summed E-state index contributed by atoms with van der Waals surface area (Å²) in [7, 11) is 0.